The number of aromatic nitrogens is 2. The third kappa shape index (κ3) is 4.88. The zero-order valence-corrected chi connectivity index (χ0v) is 16.8. The van der Waals surface area contributed by atoms with Crippen molar-refractivity contribution < 1.29 is 14.3 Å². The quantitative estimate of drug-likeness (QED) is 0.536. The van der Waals surface area contributed by atoms with Gasteiger partial charge in [0.05, 0.1) is 33.7 Å². The zero-order chi connectivity index (χ0) is 19.2. The van der Waals surface area contributed by atoms with Crippen LogP contribution in [0.4, 0.5) is 5.69 Å². The number of methoxy groups -OCH3 is 1. The third-order valence-corrected chi connectivity index (χ3v) is 4.40. The molecule has 0 saturated heterocycles. The summed E-state index contributed by atoms with van der Waals surface area (Å²) < 4.78 is 13.2. The topological polar surface area (TPSA) is 65.4 Å². The van der Waals surface area contributed by atoms with Gasteiger partial charge in [0, 0.05) is 18.9 Å². The Morgan fingerprint density at radius 3 is 2.67 bits per heavy atom. The highest BCUT2D eigenvalue weighted by Crippen LogP contribution is 2.33. The van der Waals surface area contributed by atoms with Gasteiger partial charge in [-0.05, 0) is 52.3 Å². The van der Waals surface area contributed by atoms with Crippen LogP contribution in [0.3, 0.4) is 0 Å². The molecule has 0 fully saturated rings. The monoisotopic (exact) mass is 449 g/mol. The van der Waals surface area contributed by atoms with Gasteiger partial charge >= 0.3 is 0 Å². The van der Waals surface area contributed by atoms with Gasteiger partial charge in [0.15, 0.2) is 5.75 Å². The Bertz CT molecular complexity index is 928. The van der Waals surface area contributed by atoms with Crippen LogP contribution in [0, 0.1) is 0 Å². The van der Waals surface area contributed by atoms with Crippen molar-refractivity contribution in [3.63, 3.8) is 0 Å². The molecule has 0 atom stereocenters. The van der Waals surface area contributed by atoms with Crippen LogP contribution >= 0.6 is 27.5 Å². The lowest BCUT2D eigenvalue weighted by Gasteiger charge is -2.14. The van der Waals surface area contributed by atoms with Gasteiger partial charge in [-0.2, -0.15) is 5.10 Å². The number of benzene rings is 2. The van der Waals surface area contributed by atoms with E-state index in [1.54, 1.807) is 48.3 Å². The number of nitrogens with one attached hydrogen (secondary N) is 1. The lowest BCUT2D eigenvalue weighted by atomic mass is 10.2. The van der Waals surface area contributed by atoms with E-state index in [4.69, 9.17) is 21.1 Å². The Hall–Kier alpha value is -2.35. The van der Waals surface area contributed by atoms with Crippen LogP contribution < -0.4 is 10.1 Å². The number of para-hydroxylation sites is 1. The second-order valence-corrected chi connectivity index (χ2v) is 6.88. The highest BCUT2D eigenvalue weighted by Gasteiger charge is 2.13. The minimum atomic E-state index is -0.262. The molecule has 8 heteroatoms. The summed E-state index contributed by atoms with van der Waals surface area (Å²) in [4.78, 5) is 12.6. The van der Waals surface area contributed by atoms with Gasteiger partial charge in [0.2, 0.25) is 0 Å². The number of amides is 1. The van der Waals surface area contributed by atoms with Crippen LogP contribution in [0.5, 0.6) is 5.75 Å². The Morgan fingerprint density at radius 2 is 2.00 bits per heavy atom. The summed E-state index contributed by atoms with van der Waals surface area (Å²) in [6.07, 6.45) is 3.54. The molecule has 0 saturated carbocycles. The molecule has 0 bridgehead atoms. The highest BCUT2D eigenvalue weighted by atomic mass is 79.9. The summed E-state index contributed by atoms with van der Waals surface area (Å²) in [5, 5.41) is 7.47. The first kappa shape index (κ1) is 19.4. The summed E-state index contributed by atoms with van der Waals surface area (Å²) in [5.74, 6) is 0.157. The Balaban J connectivity index is 1.74. The first-order chi connectivity index (χ1) is 13.1. The van der Waals surface area contributed by atoms with Crippen LogP contribution in [-0.4, -0.2) is 36.0 Å². The second kappa shape index (κ2) is 9.03. The molecule has 2 aromatic carbocycles. The van der Waals surface area contributed by atoms with E-state index in [2.05, 4.69) is 26.3 Å². The minimum absolute atomic E-state index is 0.262. The van der Waals surface area contributed by atoms with E-state index in [0.29, 0.717) is 35.2 Å². The lowest BCUT2D eigenvalue weighted by Crippen LogP contribution is -2.14. The van der Waals surface area contributed by atoms with Crippen LogP contribution in [-0.2, 0) is 4.74 Å². The molecule has 0 unspecified atom stereocenters. The number of hydrogen-bond donors (Lipinski definition) is 1. The van der Waals surface area contributed by atoms with Gasteiger partial charge < -0.3 is 14.8 Å². The van der Waals surface area contributed by atoms with E-state index < -0.39 is 0 Å². The molecule has 3 aromatic rings. The van der Waals surface area contributed by atoms with Gasteiger partial charge in [-0.25, -0.2) is 4.68 Å². The minimum Gasteiger partial charge on any atom is -0.487 e. The molecule has 27 heavy (non-hydrogen) atoms. The molecule has 0 aliphatic rings. The molecule has 140 valence electrons. The molecule has 3 rings (SSSR count). The van der Waals surface area contributed by atoms with E-state index in [-0.39, 0.29) is 5.91 Å². The van der Waals surface area contributed by atoms with E-state index in [0.717, 1.165) is 10.2 Å². The van der Waals surface area contributed by atoms with Crippen molar-refractivity contribution in [3.8, 4) is 11.4 Å². The predicted octanol–water partition coefficient (Wildman–Crippen LogP) is 4.57. The molecular formula is C19H17BrClN3O3. The zero-order valence-electron chi connectivity index (χ0n) is 14.5. The first-order valence-corrected chi connectivity index (χ1v) is 9.28. The van der Waals surface area contributed by atoms with Crippen molar-refractivity contribution in [2.45, 2.75) is 0 Å². The third-order valence-electron chi connectivity index (χ3n) is 3.69. The second-order valence-electron chi connectivity index (χ2n) is 5.56. The summed E-state index contributed by atoms with van der Waals surface area (Å²) in [6, 6.07) is 12.3. The molecule has 1 amide bonds. The molecule has 0 aliphatic carbocycles. The number of hydrogen-bond acceptors (Lipinski definition) is 4. The maximum Gasteiger partial charge on any atom is 0.255 e. The van der Waals surface area contributed by atoms with E-state index in [1.165, 1.54) is 0 Å². The number of carbonyl (C=O) groups excluding carboxylic acids is 1. The maximum absolute atomic E-state index is 12.6. The number of rotatable bonds is 7. The fourth-order valence-corrected chi connectivity index (χ4v) is 2.90. The predicted molar refractivity (Wildman–Crippen MR) is 108 cm³/mol. The standard InChI is InChI=1S/C19H17BrClN3O3/c1-26-9-10-27-18-16(21)3-2-4-17(18)23-19(25)13-5-7-15(8-6-13)24-12-14(20)11-22-24/h2-8,11-12H,9-10H2,1H3,(H,23,25). The molecular weight excluding hydrogens is 434 g/mol. The molecule has 6 nitrogen and oxygen atoms in total. The molecule has 1 N–H and O–H groups in total. The molecule has 1 heterocycles. The molecule has 0 aliphatic heterocycles. The lowest BCUT2D eigenvalue weighted by molar-refractivity contribution is 0.102. The number of anilines is 1. The van der Waals surface area contributed by atoms with Gasteiger partial charge in [0.1, 0.15) is 6.61 Å². The Kier molecular flexibility index (Phi) is 6.49. The SMILES string of the molecule is COCCOc1c(Cl)cccc1NC(=O)c1ccc(-n2cc(Br)cn2)cc1. The van der Waals surface area contributed by atoms with E-state index >= 15 is 0 Å². The number of nitrogens with zero attached hydrogens (tertiary/aromatic N) is 2. The van der Waals surface area contributed by atoms with E-state index in [1.807, 2.05) is 18.3 Å². The number of halogens is 2. The first-order valence-electron chi connectivity index (χ1n) is 8.10. The molecule has 0 radical (unpaired) electrons. The largest absolute Gasteiger partial charge is 0.487 e. The van der Waals surface area contributed by atoms with Crippen molar-refractivity contribution in [3.05, 3.63) is 69.9 Å². The van der Waals surface area contributed by atoms with Crippen molar-refractivity contribution in [2.75, 3.05) is 25.6 Å². The highest BCUT2D eigenvalue weighted by molar-refractivity contribution is 9.10. The van der Waals surface area contributed by atoms with Gasteiger partial charge in [-0.3, -0.25) is 4.79 Å². The molecule has 0 spiro atoms. The van der Waals surface area contributed by atoms with Gasteiger partial charge in [-0.1, -0.05) is 17.7 Å². The van der Waals surface area contributed by atoms with Crippen molar-refractivity contribution in [1.82, 2.24) is 9.78 Å². The fourth-order valence-electron chi connectivity index (χ4n) is 2.38. The van der Waals surface area contributed by atoms with Gasteiger partial charge in [-0.15, -0.1) is 0 Å². The normalized spacial score (nSPS) is 10.6. The average Bonchev–Trinajstić information content (AvgIpc) is 3.10. The smallest absolute Gasteiger partial charge is 0.255 e. The van der Waals surface area contributed by atoms with Crippen LogP contribution in [0.2, 0.25) is 5.02 Å². The average molecular weight is 451 g/mol. The Labute approximate surface area is 170 Å². The van der Waals surface area contributed by atoms with Gasteiger partial charge in [0.25, 0.3) is 5.91 Å². The maximum atomic E-state index is 12.6. The van der Waals surface area contributed by atoms with Crippen LogP contribution in [0.15, 0.2) is 59.3 Å². The van der Waals surface area contributed by atoms with E-state index in [9.17, 15) is 4.79 Å². The summed E-state index contributed by atoms with van der Waals surface area (Å²) >= 11 is 9.56. The van der Waals surface area contributed by atoms with Crippen molar-refractivity contribution in [1.29, 1.82) is 0 Å². The summed E-state index contributed by atoms with van der Waals surface area (Å²) in [5.41, 5.74) is 1.86. The van der Waals surface area contributed by atoms with Crippen LogP contribution in [0.1, 0.15) is 10.4 Å². The number of ether oxygens (including phenoxy) is 2. The number of carbonyl (C=O) groups is 1. The van der Waals surface area contributed by atoms with Crippen molar-refractivity contribution >= 4 is 39.1 Å². The van der Waals surface area contributed by atoms with Crippen LogP contribution in [0.25, 0.3) is 5.69 Å². The molecule has 1 aromatic heterocycles. The Morgan fingerprint density at radius 1 is 1.22 bits per heavy atom. The fraction of sp³-hybridized carbons (Fsp3) is 0.158. The van der Waals surface area contributed by atoms with Crippen molar-refractivity contribution in [2.24, 2.45) is 0 Å². The summed E-state index contributed by atoms with van der Waals surface area (Å²) in [7, 11) is 1.59. The summed E-state index contributed by atoms with van der Waals surface area (Å²) in [6.45, 7) is 0.751.